The van der Waals surface area contributed by atoms with Gasteiger partial charge in [-0.05, 0) is 12.3 Å². The van der Waals surface area contributed by atoms with Crippen LogP contribution in [-0.4, -0.2) is 32.5 Å². The zero-order valence-electron chi connectivity index (χ0n) is 5.03. The molecule has 1 heterocycles. The van der Waals surface area contributed by atoms with E-state index >= 15 is 0 Å². The second-order valence-electron chi connectivity index (χ2n) is 1.47. The first-order chi connectivity index (χ1) is 4.33. The lowest BCUT2D eigenvalue weighted by Crippen LogP contribution is -2.08. The van der Waals surface area contributed by atoms with Crippen LogP contribution in [-0.2, 0) is 0 Å². The zero-order valence-corrected chi connectivity index (χ0v) is 7.01. The third-order valence-corrected chi connectivity index (χ3v) is 1.72. The molecule has 0 aliphatic carbocycles. The summed E-state index contributed by atoms with van der Waals surface area (Å²) in [7, 11) is 0. The van der Waals surface area contributed by atoms with Crippen molar-refractivity contribution in [2.24, 2.45) is 0 Å². The Morgan fingerprint density at radius 3 is 2.89 bits per heavy atom. The summed E-state index contributed by atoms with van der Waals surface area (Å²) in [6, 6.07) is 1.85. The quantitative estimate of drug-likeness (QED) is 0.321. The minimum absolute atomic E-state index is 0.822. The standard InChI is InChI=1S/C5H5N2S.Al/c1-8-5-6-3-2-4-7-5;/h2-3H,1H3;. The smallest absolute Gasteiger partial charge is 0.209 e. The first-order valence-electron chi connectivity index (χ1n) is 2.45. The molecule has 0 N–H and O–H groups in total. The molecule has 1 aromatic heterocycles. The molecule has 0 aliphatic rings. The summed E-state index contributed by atoms with van der Waals surface area (Å²) < 4.78 is 0.939. The van der Waals surface area contributed by atoms with Gasteiger partial charge in [0.05, 0.1) is 0 Å². The largest absolute Gasteiger partial charge is 0.249 e. The van der Waals surface area contributed by atoms with E-state index in [2.05, 4.69) is 26.3 Å². The summed E-state index contributed by atoms with van der Waals surface area (Å²) in [6.07, 6.45) is 3.71. The van der Waals surface area contributed by atoms with Gasteiger partial charge < -0.3 is 0 Å². The molecular weight excluding hydrogens is 147 g/mol. The molecule has 0 atom stereocenters. The van der Waals surface area contributed by atoms with E-state index in [9.17, 15) is 0 Å². The third-order valence-electron chi connectivity index (χ3n) is 0.838. The van der Waals surface area contributed by atoms with Gasteiger partial charge in [0.15, 0.2) is 5.16 Å². The molecule has 1 rings (SSSR count). The van der Waals surface area contributed by atoms with Crippen LogP contribution < -0.4 is 4.56 Å². The van der Waals surface area contributed by atoms with Crippen LogP contribution in [0.15, 0.2) is 17.4 Å². The molecule has 0 saturated heterocycles. The highest BCUT2D eigenvalue weighted by molar-refractivity contribution is 7.98. The molecular formula is C5H5AlN2S. The first kappa shape index (κ1) is 7.07. The van der Waals surface area contributed by atoms with Crippen LogP contribution in [0.1, 0.15) is 0 Å². The van der Waals surface area contributed by atoms with Crippen molar-refractivity contribution in [1.82, 2.24) is 9.97 Å². The molecule has 0 saturated carbocycles. The predicted octanol–water partition coefficient (Wildman–Crippen LogP) is -0.00770. The number of hydrogen-bond donors (Lipinski definition) is 0. The second kappa shape index (κ2) is 3.21. The first-order valence-corrected chi connectivity index (χ1v) is 4.25. The summed E-state index contributed by atoms with van der Waals surface area (Å²) in [5, 5.41) is 0.822. The average Bonchev–Trinajstić information content (AvgIpc) is 1.88. The molecule has 44 valence electrons. The highest BCUT2D eigenvalue weighted by atomic mass is 32.2. The van der Waals surface area contributed by atoms with E-state index in [4.69, 9.17) is 0 Å². The minimum atomic E-state index is 0.822. The van der Waals surface area contributed by atoms with Gasteiger partial charge in [-0.15, -0.1) is 0 Å². The van der Waals surface area contributed by atoms with Crippen molar-refractivity contribution < 1.29 is 0 Å². The van der Waals surface area contributed by atoms with Crippen molar-refractivity contribution in [3.05, 3.63) is 12.3 Å². The fourth-order valence-electron chi connectivity index (χ4n) is 0.452. The lowest BCUT2D eigenvalue weighted by Gasteiger charge is -1.93. The summed E-state index contributed by atoms with van der Waals surface area (Å²) in [4.78, 5) is 8.10. The molecule has 0 aliphatic heterocycles. The Labute approximate surface area is 66.5 Å². The van der Waals surface area contributed by atoms with Crippen LogP contribution in [0.2, 0.25) is 0 Å². The van der Waals surface area contributed by atoms with Crippen LogP contribution in [0, 0.1) is 0 Å². The average molecular weight is 152 g/mol. The topological polar surface area (TPSA) is 25.8 Å². The van der Waals surface area contributed by atoms with Gasteiger partial charge >= 0.3 is 0 Å². The SMILES string of the molecule is CSc1ncc[c]([Al])n1. The minimum Gasteiger partial charge on any atom is -0.249 e. The molecule has 2 radical (unpaired) electrons. The maximum Gasteiger partial charge on any atom is 0.209 e. The Balaban J connectivity index is 2.94. The Morgan fingerprint density at radius 2 is 2.44 bits per heavy atom. The maximum atomic E-state index is 4.11. The number of nitrogens with zero attached hydrogens (tertiary/aromatic N) is 2. The maximum absolute atomic E-state index is 4.11. The molecule has 0 fully saturated rings. The molecule has 4 heteroatoms. The van der Waals surface area contributed by atoms with E-state index in [1.807, 2.05) is 12.3 Å². The van der Waals surface area contributed by atoms with Gasteiger partial charge in [0.2, 0.25) is 16.3 Å². The molecule has 2 nitrogen and oxygen atoms in total. The normalized spacial score (nSPS) is 9.44. The number of thioether (sulfide) groups is 1. The second-order valence-corrected chi connectivity index (χ2v) is 2.83. The summed E-state index contributed by atoms with van der Waals surface area (Å²) in [5.74, 6) is 0. The number of hydrogen-bond acceptors (Lipinski definition) is 3. The molecule has 0 amide bonds. The van der Waals surface area contributed by atoms with E-state index in [-0.39, 0.29) is 0 Å². The number of aromatic nitrogens is 2. The van der Waals surface area contributed by atoms with Crippen LogP contribution in [0.3, 0.4) is 0 Å². The Kier molecular flexibility index (Phi) is 2.52. The van der Waals surface area contributed by atoms with Gasteiger partial charge in [-0.2, -0.15) is 0 Å². The fourth-order valence-corrected chi connectivity index (χ4v) is 1.12. The van der Waals surface area contributed by atoms with Gasteiger partial charge in [0.1, 0.15) is 0 Å². The highest BCUT2D eigenvalue weighted by Gasteiger charge is 1.88. The van der Waals surface area contributed by atoms with Crippen LogP contribution in [0.5, 0.6) is 0 Å². The van der Waals surface area contributed by atoms with Gasteiger partial charge in [-0.25, -0.2) is 9.97 Å². The molecule has 0 spiro atoms. The van der Waals surface area contributed by atoms with Crippen molar-refractivity contribution in [2.45, 2.75) is 5.16 Å². The lowest BCUT2D eigenvalue weighted by atomic mass is 10.7. The van der Waals surface area contributed by atoms with Gasteiger partial charge in [-0.3, -0.25) is 0 Å². The molecule has 1 aromatic rings. The summed E-state index contributed by atoms with van der Waals surface area (Å²) in [5.41, 5.74) is 0. The highest BCUT2D eigenvalue weighted by Crippen LogP contribution is 2.02. The van der Waals surface area contributed by atoms with Crippen LogP contribution >= 0.6 is 11.8 Å². The summed E-state index contributed by atoms with van der Waals surface area (Å²) >= 11 is 4.08. The van der Waals surface area contributed by atoms with Gasteiger partial charge in [0.25, 0.3) is 0 Å². The molecule has 0 aromatic carbocycles. The Bertz CT molecular complexity index is 204. The van der Waals surface area contributed by atoms with Crippen molar-refractivity contribution in [2.75, 3.05) is 6.26 Å². The van der Waals surface area contributed by atoms with E-state index in [0.717, 1.165) is 9.71 Å². The molecule has 9 heavy (non-hydrogen) atoms. The van der Waals surface area contributed by atoms with E-state index in [1.165, 1.54) is 0 Å². The number of rotatable bonds is 1. The van der Waals surface area contributed by atoms with Gasteiger partial charge in [-0.1, -0.05) is 16.3 Å². The van der Waals surface area contributed by atoms with Crippen molar-refractivity contribution in [1.29, 1.82) is 0 Å². The van der Waals surface area contributed by atoms with E-state index < -0.39 is 0 Å². The predicted molar refractivity (Wildman–Crippen MR) is 39.2 cm³/mol. The molecule has 0 bridgehead atoms. The molecule has 0 unspecified atom stereocenters. The van der Waals surface area contributed by atoms with Crippen molar-refractivity contribution >= 4 is 32.6 Å². The monoisotopic (exact) mass is 152 g/mol. The summed E-state index contributed by atoms with van der Waals surface area (Å²) in [6.45, 7) is 0. The van der Waals surface area contributed by atoms with Crippen molar-refractivity contribution in [3.63, 3.8) is 0 Å². The van der Waals surface area contributed by atoms with Gasteiger partial charge in [0, 0.05) is 6.20 Å². The Hall–Kier alpha value is -0.0375. The Morgan fingerprint density at radius 1 is 1.67 bits per heavy atom. The lowest BCUT2D eigenvalue weighted by molar-refractivity contribution is 0.992. The van der Waals surface area contributed by atoms with Crippen molar-refractivity contribution in [3.8, 4) is 0 Å². The van der Waals surface area contributed by atoms with E-state index in [0.29, 0.717) is 0 Å². The fraction of sp³-hybridized carbons (Fsp3) is 0.200. The zero-order chi connectivity index (χ0) is 6.69. The van der Waals surface area contributed by atoms with E-state index in [1.54, 1.807) is 18.0 Å². The van der Waals surface area contributed by atoms with Crippen LogP contribution in [0.25, 0.3) is 0 Å². The van der Waals surface area contributed by atoms with Crippen LogP contribution in [0.4, 0.5) is 0 Å². The third kappa shape index (κ3) is 1.98.